The molecule has 2 amide bonds. The van der Waals surface area contributed by atoms with Crippen LogP contribution in [0.4, 0.5) is 22.0 Å². The molecule has 0 aliphatic carbocycles. The average molecular weight is 606 g/mol. The molecule has 3 aromatic carbocycles. The van der Waals surface area contributed by atoms with E-state index < -0.39 is 41.4 Å². The van der Waals surface area contributed by atoms with E-state index in [-0.39, 0.29) is 35.5 Å². The van der Waals surface area contributed by atoms with Gasteiger partial charge in [-0.3, -0.25) is 9.59 Å². The van der Waals surface area contributed by atoms with E-state index in [9.17, 15) is 27.2 Å². The third-order valence-corrected chi connectivity index (χ3v) is 6.55. The Balaban J connectivity index is 0.00000151. The predicted molar refractivity (Wildman–Crippen MR) is 156 cm³/mol. The average Bonchev–Trinajstić information content (AvgIpc) is 3.00. The summed E-state index contributed by atoms with van der Waals surface area (Å²) in [7, 11) is 2.72. The normalized spacial score (nSPS) is 11.6. The van der Waals surface area contributed by atoms with Crippen molar-refractivity contribution < 1.29 is 36.3 Å². The SMILES string of the molecule is CCCN.COc1cccc(/C(C(=O)N(C)CCc2ccccc2)=C(\C)N(C=O)Cc2c(F)cccc2C(F)(F)F)c1F. The van der Waals surface area contributed by atoms with Gasteiger partial charge < -0.3 is 20.3 Å². The van der Waals surface area contributed by atoms with Crippen molar-refractivity contribution in [2.75, 3.05) is 27.2 Å². The smallest absolute Gasteiger partial charge is 0.416 e. The second kappa shape index (κ2) is 16.4. The summed E-state index contributed by atoms with van der Waals surface area (Å²) >= 11 is 0. The monoisotopic (exact) mass is 605 g/mol. The molecule has 0 aromatic heterocycles. The summed E-state index contributed by atoms with van der Waals surface area (Å²) < 4.78 is 75.8. The number of nitrogens with two attached hydrogens (primary N) is 1. The number of methoxy groups -OCH3 is 1. The number of halogens is 5. The number of carbonyl (C=O) groups excluding carboxylic acids is 2. The molecule has 0 unspecified atom stereocenters. The lowest BCUT2D eigenvalue weighted by molar-refractivity contribution is -0.139. The Bertz CT molecular complexity index is 1390. The van der Waals surface area contributed by atoms with Gasteiger partial charge >= 0.3 is 6.18 Å². The molecular formula is C32H36F5N3O3. The minimum absolute atomic E-state index is 0.162. The Hall–Kier alpha value is -4.25. The molecule has 0 bridgehead atoms. The van der Waals surface area contributed by atoms with Crippen LogP contribution >= 0.6 is 0 Å². The molecule has 0 aliphatic rings. The van der Waals surface area contributed by atoms with Crippen molar-refractivity contribution in [1.82, 2.24) is 9.80 Å². The van der Waals surface area contributed by atoms with Gasteiger partial charge in [-0.15, -0.1) is 0 Å². The fraction of sp³-hybridized carbons (Fsp3) is 0.312. The number of alkyl halides is 3. The molecule has 11 heteroatoms. The van der Waals surface area contributed by atoms with Gasteiger partial charge in [-0.1, -0.05) is 55.5 Å². The topological polar surface area (TPSA) is 75.9 Å². The number of likely N-dealkylation sites (N-methyl/N-ethyl adjacent to an activating group) is 1. The van der Waals surface area contributed by atoms with Crippen molar-refractivity contribution in [3.05, 3.63) is 106 Å². The molecule has 0 aliphatic heterocycles. The number of amides is 2. The number of carbonyl (C=O) groups is 2. The Morgan fingerprint density at radius 3 is 2.19 bits per heavy atom. The number of benzene rings is 3. The van der Waals surface area contributed by atoms with E-state index in [1.54, 1.807) is 0 Å². The molecule has 0 spiro atoms. The van der Waals surface area contributed by atoms with Gasteiger partial charge in [-0.2, -0.15) is 13.2 Å². The first-order valence-corrected chi connectivity index (χ1v) is 13.5. The zero-order valence-electron chi connectivity index (χ0n) is 24.6. The zero-order chi connectivity index (χ0) is 32.2. The first kappa shape index (κ1) is 34.9. The summed E-state index contributed by atoms with van der Waals surface area (Å²) in [6.45, 7) is 3.55. The highest BCUT2D eigenvalue weighted by Crippen LogP contribution is 2.35. The summed E-state index contributed by atoms with van der Waals surface area (Å²) in [4.78, 5) is 27.9. The molecular weight excluding hydrogens is 569 g/mol. The molecule has 6 nitrogen and oxygen atoms in total. The lowest BCUT2D eigenvalue weighted by Gasteiger charge is -2.26. The lowest BCUT2D eigenvalue weighted by atomic mass is 9.99. The van der Waals surface area contributed by atoms with E-state index in [4.69, 9.17) is 10.5 Å². The van der Waals surface area contributed by atoms with Crippen molar-refractivity contribution in [2.45, 2.75) is 39.4 Å². The minimum Gasteiger partial charge on any atom is -0.494 e. The summed E-state index contributed by atoms with van der Waals surface area (Å²) in [5.74, 6) is -2.94. The fourth-order valence-corrected chi connectivity index (χ4v) is 4.09. The maximum Gasteiger partial charge on any atom is 0.416 e. The Morgan fingerprint density at radius 2 is 1.63 bits per heavy atom. The van der Waals surface area contributed by atoms with Crippen LogP contribution in [-0.4, -0.2) is 49.4 Å². The third-order valence-electron chi connectivity index (χ3n) is 6.55. The maximum absolute atomic E-state index is 15.4. The first-order valence-electron chi connectivity index (χ1n) is 13.5. The summed E-state index contributed by atoms with van der Waals surface area (Å²) in [6.07, 6.45) is -3.15. The second-order valence-corrected chi connectivity index (χ2v) is 9.53. The molecule has 43 heavy (non-hydrogen) atoms. The summed E-state index contributed by atoms with van der Waals surface area (Å²) in [5.41, 5.74) is 3.26. The first-order chi connectivity index (χ1) is 20.4. The number of rotatable bonds is 11. The number of hydrogen-bond donors (Lipinski definition) is 1. The molecule has 0 heterocycles. The van der Waals surface area contributed by atoms with Gasteiger partial charge in [0.2, 0.25) is 6.41 Å². The van der Waals surface area contributed by atoms with Gasteiger partial charge in [0, 0.05) is 30.4 Å². The molecule has 3 rings (SSSR count). The number of nitrogens with zero attached hydrogens (tertiary/aromatic N) is 2. The van der Waals surface area contributed by atoms with E-state index in [1.807, 2.05) is 30.3 Å². The predicted octanol–water partition coefficient (Wildman–Crippen LogP) is 6.44. The third kappa shape index (κ3) is 9.37. The van der Waals surface area contributed by atoms with Crippen LogP contribution < -0.4 is 10.5 Å². The highest BCUT2D eigenvalue weighted by Gasteiger charge is 2.35. The van der Waals surface area contributed by atoms with Gasteiger partial charge in [0.25, 0.3) is 5.91 Å². The van der Waals surface area contributed by atoms with Crippen molar-refractivity contribution in [3.8, 4) is 5.75 Å². The van der Waals surface area contributed by atoms with Crippen LogP contribution in [0.3, 0.4) is 0 Å². The quantitative estimate of drug-likeness (QED) is 0.155. The van der Waals surface area contributed by atoms with Crippen molar-refractivity contribution in [3.63, 3.8) is 0 Å². The van der Waals surface area contributed by atoms with Crippen LogP contribution in [0, 0.1) is 11.6 Å². The maximum atomic E-state index is 15.4. The van der Waals surface area contributed by atoms with Crippen LogP contribution in [0.5, 0.6) is 5.75 Å². The largest absolute Gasteiger partial charge is 0.494 e. The van der Waals surface area contributed by atoms with E-state index >= 15 is 4.39 Å². The number of allylic oxidation sites excluding steroid dienone is 1. The molecule has 0 radical (unpaired) electrons. The highest BCUT2D eigenvalue weighted by molar-refractivity contribution is 6.20. The van der Waals surface area contributed by atoms with Gasteiger partial charge in [-0.05, 0) is 50.1 Å². The highest BCUT2D eigenvalue weighted by atomic mass is 19.4. The Morgan fingerprint density at radius 1 is 1.00 bits per heavy atom. The van der Waals surface area contributed by atoms with E-state index in [1.165, 1.54) is 44.2 Å². The molecule has 0 atom stereocenters. The van der Waals surface area contributed by atoms with Crippen molar-refractivity contribution >= 4 is 17.9 Å². The number of ether oxygens (including phenoxy) is 1. The van der Waals surface area contributed by atoms with Gasteiger partial charge in [0.1, 0.15) is 5.82 Å². The van der Waals surface area contributed by atoms with Crippen molar-refractivity contribution in [1.29, 1.82) is 0 Å². The number of hydrogen-bond acceptors (Lipinski definition) is 4. The molecule has 0 saturated carbocycles. The van der Waals surface area contributed by atoms with Crippen LogP contribution in [0.2, 0.25) is 0 Å². The zero-order valence-corrected chi connectivity index (χ0v) is 24.6. The van der Waals surface area contributed by atoms with Crippen LogP contribution in [-0.2, 0) is 28.7 Å². The lowest BCUT2D eigenvalue weighted by Crippen LogP contribution is -2.32. The van der Waals surface area contributed by atoms with Gasteiger partial charge in [-0.25, -0.2) is 8.78 Å². The Kier molecular flexibility index (Phi) is 13.3. The molecule has 0 fully saturated rings. The fourth-order valence-electron chi connectivity index (χ4n) is 4.09. The molecule has 2 N–H and O–H groups in total. The summed E-state index contributed by atoms with van der Waals surface area (Å²) in [6, 6.07) is 15.8. The van der Waals surface area contributed by atoms with Crippen molar-refractivity contribution in [2.24, 2.45) is 5.73 Å². The Labute approximate surface area is 248 Å². The van der Waals surface area contributed by atoms with Gasteiger partial charge in [0.15, 0.2) is 11.6 Å². The summed E-state index contributed by atoms with van der Waals surface area (Å²) in [5, 5.41) is 0. The van der Waals surface area contributed by atoms with E-state index in [0.29, 0.717) is 12.5 Å². The molecule has 232 valence electrons. The van der Waals surface area contributed by atoms with Crippen LogP contribution in [0.15, 0.2) is 72.4 Å². The minimum atomic E-state index is -4.89. The van der Waals surface area contributed by atoms with Gasteiger partial charge in [0.05, 0.1) is 24.8 Å². The van der Waals surface area contributed by atoms with Crippen LogP contribution in [0.25, 0.3) is 5.57 Å². The molecule has 0 saturated heterocycles. The van der Waals surface area contributed by atoms with Crippen LogP contribution in [0.1, 0.15) is 42.5 Å². The second-order valence-electron chi connectivity index (χ2n) is 9.53. The molecule has 3 aromatic rings. The van der Waals surface area contributed by atoms with E-state index in [0.717, 1.165) is 35.6 Å². The standard InChI is InChI=1S/C29H27F5N2O3.C3H9N/c1-19(36(18-37)17-22-23(29(32,33)34)12-8-13-24(22)30)26(21-11-7-14-25(39-3)27(21)31)28(38)35(2)16-15-20-9-5-4-6-10-20;1-2-3-4/h4-14,18H,15-17H2,1-3H3;2-4H2,1H3/b26-19-;. The van der Waals surface area contributed by atoms with E-state index in [2.05, 4.69) is 6.92 Å².